The summed E-state index contributed by atoms with van der Waals surface area (Å²) in [5.74, 6) is -1.31. The molecule has 0 radical (unpaired) electrons. The average molecular weight is 206 g/mol. The lowest BCUT2D eigenvalue weighted by molar-refractivity contribution is -0.148. The van der Waals surface area contributed by atoms with Gasteiger partial charge in [-0.15, -0.1) is 0 Å². The highest BCUT2D eigenvalue weighted by atomic mass is 16.5. The number of hydrogen-bond acceptors (Lipinski definition) is 3. The largest absolute Gasteiger partial charge is 0.468 e. The smallest absolute Gasteiger partial charge is 0.316 e. The number of ketones is 1. The summed E-state index contributed by atoms with van der Waals surface area (Å²) in [4.78, 5) is 22.6. The predicted octanol–water partition coefficient (Wildman–Crippen LogP) is 1.61. The summed E-state index contributed by atoms with van der Waals surface area (Å²) >= 11 is 0. The van der Waals surface area contributed by atoms with Gasteiger partial charge in [0.1, 0.15) is 11.7 Å². The van der Waals surface area contributed by atoms with Gasteiger partial charge in [-0.05, 0) is 18.9 Å². The molecule has 80 valence electrons. The Labute approximate surface area is 89.1 Å². The Morgan fingerprint density at radius 3 is 2.33 bits per heavy atom. The standard InChI is InChI=1S/C12H14O3/c1-9(13)11(12(14)15-2)8-10-6-4-3-5-7-10/h3-7,11H,8H2,1-2H3/t11-/m1/s1. The van der Waals surface area contributed by atoms with Gasteiger partial charge < -0.3 is 4.74 Å². The molecule has 0 saturated heterocycles. The van der Waals surface area contributed by atoms with Crippen LogP contribution in [0.15, 0.2) is 30.3 Å². The van der Waals surface area contributed by atoms with Gasteiger partial charge in [0.2, 0.25) is 0 Å². The molecule has 0 saturated carbocycles. The van der Waals surface area contributed by atoms with E-state index in [2.05, 4.69) is 4.74 Å². The first-order valence-corrected chi connectivity index (χ1v) is 4.77. The minimum atomic E-state index is -0.683. The van der Waals surface area contributed by atoms with E-state index in [4.69, 9.17) is 0 Å². The molecular weight excluding hydrogens is 192 g/mol. The first-order chi connectivity index (χ1) is 7.15. The summed E-state index contributed by atoms with van der Waals surface area (Å²) in [6, 6.07) is 9.43. The lowest BCUT2D eigenvalue weighted by atomic mass is 9.96. The Bertz CT molecular complexity index is 343. The molecule has 1 atom stereocenters. The van der Waals surface area contributed by atoms with Crippen LogP contribution in [0.4, 0.5) is 0 Å². The van der Waals surface area contributed by atoms with Crippen LogP contribution in [0.25, 0.3) is 0 Å². The van der Waals surface area contributed by atoms with Gasteiger partial charge in [-0.3, -0.25) is 9.59 Å². The molecule has 0 bridgehead atoms. The number of hydrogen-bond donors (Lipinski definition) is 0. The van der Waals surface area contributed by atoms with Gasteiger partial charge in [-0.2, -0.15) is 0 Å². The number of carbonyl (C=O) groups excluding carboxylic acids is 2. The van der Waals surface area contributed by atoms with E-state index in [1.54, 1.807) is 0 Å². The van der Waals surface area contributed by atoms with E-state index in [1.165, 1.54) is 14.0 Å². The summed E-state index contributed by atoms with van der Waals surface area (Å²) < 4.78 is 4.59. The topological polar surface area (TPSA) is 43.4 Å². The van der Waals surface area contributed by atoms with Gasteiger partial charge in [0.25, 0.3) is 0 Å². The molecule has 0 aromatic heterocycles. The minimum absolute atomic E-state index is 0.161. The molecule has 0 heterocycles. The second kappa shape index (κ2) is 5.29. The second-order valence-corrected chi connectivity index (χ2v) is 3.38. The number of methoxy groups -OCH3 is 1. The van der Waals surface area contributed by atoms with Crippen molar-refractivity contribution < 1.29 is 14.3 Å². The Kier molecular flexibility index (Phi) is 4.03. The second-order valence-electron chi connectivity index (χ2n) is 3.38. The summed E-state index contributed by atoms with van der Waals surface area (Å²) in [5, 5.41) is 0. The summed E-state index contributed by atoms with van der Waals surface area (Å²) in [6.07, 6.45) is 0.406. The van der Waals surface area contributed by atoms with Crippen LogP contribution in [-0.4, -0.2) is 18.9 Å². The molecule has 0 unspecified atom stereocenters. The maximum atomic E-state index is 11.3. The van der Waals surface area contributed by atoms with Crippen LogP contribution in [0.1, 0.15) is 12.5 Å². The zero-order valence-electron chi connectivity index (χ0n) is 8.90. The van der Waals surface area contributed by atoms with E-state index in [0.29, 0.717) is 6.42 Å². The highest BCUT2D eigenvalue weighted by molar-refractivity contribution is 5.97. The van der Waals surface area contributed by atoms with Crippen molar-refractivity contribution in [3.63, 3.8) is 0 Å². The van der Waals surface area contributed by atoms with Crippen molar-refractivity contribution in [1.82, 2.24) is 0 Å². The Morgan fingerprint density at radius 2 is 1.87 bits per heavy atom. The van der Waals surface area contributed by atoms with Crippen molar-refractivity contribution in [2.45, 2.75) is 13.3 Å². The third-order valence-corrected chi connectivity index (χ3v) is 2.26. The molecule has 0 aliphatic rings. The maximum absolute atomic E-state index is 11.3. The van der Waals surface area contributed by atoms with Gasteiger partial charge in [-0.25, -0.2) is 0 Å². The van der Waals surface area contributed by atoms with Crippen molar-refractivity contribution >= 4 is 11.8 Å². The molecule has 1 aromatic rings. The molecule has 0 fully saturated rings. The van der Waals surface area contributed by atoms with Gasteiger partial charge in [-0.1, -0.05) is 30.3 Å². The van der Waals surface area contributed by atoms with Crippen molar-refractivity contribution in [2.75, 3.05) is 7.11 Å². The molecule has 1 aromatic carbocycles. The highest BCUT2D eigenvalue weighted by Gasteiger charge is 2.24. The molecular formula is C12H14O3. The van der Waals surface area contributed by atoms with E-state index < -0.39 is 11.9 Å². The van der Waals surface area contributed by atoms with E-state index in [1.807, 2.05) is 30.3 Å². The molecule has 0 amide bonds. The SMILES string of the molecule is COC(=O)[C@H](Cc1ccccc1)C(C)=O. The van der Waals surface area contributed by atoms with Crippen LogP contribution < -0.4 is 0 Å². The molecule has 0 N–H and O–H groups in total. The normalized spacial score (nSPS) is 11.9. The van der Waals surface area contributed by atoms with Crippen LogP contribution >= 0.6 is 0 Å². The Hall–Kier alpha value is -1.64. The zero-order chi connectivity index (χ0) is 11.3. The van der Waals surface area contributed by atoms with Crippen LogP contribution in [0.2, 0.25) is 0 Å². The first kappa shape index (κ1) is 11.4. The van der Waals surface area contributed by atoms with Gasteiger partial charge in [0.15, 0.2) is 0 Å². The molecule has 0 aliphatic heterocycles. The molecule has 0 aliphatic carbocycles. The lowest BCUT2D eigenvalue weighted by Gasteiger charge is -2.10. The number of Topliss-reactive ketones (excluding diaryl/α,β-unsaturated/α-hetero) is 1. The fraction of sp³-hybridized carbons (Fsp3) is 0.333. The lowest BCUT2D eigenvalue weighted by Crippen LogP contribution is -2.25. The highest BCUT2D eigenvalue weighted by Crippen LogP contribution is 2.11. The van der Waals surface area contributed by atoms with Crippen molar-refractivity contribution in [3.05, 3.63) is 35.9 Å². The zero-order valence-corrected chi connectivity index (χ0v) is 8.90. The summed E-state index contributed by atoms with van der Waals surface area (Å²) in [6.45, 7) is 1.41. The number of benzene rings is 1. The third kappa shape index (κ3) is 3.20. The van der Waals surface area contributed by atoms with Crippen LogP contribution in [0, 0.1) is 5.92 Å². The van der Waals surface area contributed by atoms with Crippen LogP contribution in [0.3, 0.4) is 0 Å². The molecule has 0 spiro atoms. The molecule has 1 rings (SSSR count). The molecule has 15 heavy (non-hydrogen) atoms. The van der Waals surface area contributed by atoms with Crippen molar-refractivity contribution in [3.8, 4) is 0 Å². The van der Waals surface area contributed by atoms with Gasteiger partial charge >= 0.3 is 5.97 Å². The van der Waals surface area contributed by atoms with E-state index in [-0.39, 0.29) is 5.78 Å². The first-order valence-electron chi connectivity index (χ1n) is 4.77. The number of carbonyl (C=O) groups is 2. The van der Waals surface area contributed by atoms with E-state index in [9.17, 15) is 9.59 Å². The van der Waals surface area contributed by atoms with Gasteiger partial charge in [0.05, 0.1) is 7.11 Å². The van der Waals surface area contributed by atoms with Crippen molar-refractivity contribution in [1.29, 1.82) is 0 Å². The molecule has 3 nitrogen and oxygen atoms in total. The number of rotatable bonds is 4. The minimum Gasteiger partial charge on any atom is -0.468 e. The van der Waals surface area contributed by atoms with Gasteiger partial charge in [0, 0.05) is 0 Å². The fourth-order valence-electron chi connectivity index (χ4n) is 1.39. The number of ether oxygens (including phenoxy) is 1. The van der Waals surface area contributed by atoms with Crippen LogP contribution in [-0.2, 0) is 20.7 Å². The van der Waals surface area contributed by atoms with E-state index >= 15 is 0 Å². The third-order valence-electron chi connectivity index (χ3n) is 2.26. The van der Waals surface area contributed by atoms with Crippen LogP contribution in [0.5, 0.6) is 0 Å². The molecule has 3 heteroatoms. The maximum Gasteiger partial charge on any atom is 0.316 e. The Morgan fingerprint density at radius 1 is 1.27 bits per heavy atom. The monoisotopic (exact) mass is 206 g/mol. The average Bonchev–Trinajstić information content (AvgIpc) is 2.26. The van der Waals surface area contributed by atoms with E-state index in [0.717, 1.165) is 5.56 Å². The fourth-order valence-corrected chi connectivity index (χ4v) is 1.39. The summed E-state index contributed by atoms with van der Waals surface area (Å²) in [7, 11) is 1.29. The Balaban J connectivity index is 2.76. The quantitative estimate of drug-likeness (QED) is 0.555. The predicted molar refractivity (Wildman–Crippen MR) is 56.3 cm³/mol. The summed E-state index contributed by atoms with van der Waals surface area (Å²) in [5.41, 5.74) is 0.961. The number of esters is 1. The van der Waals surface area contributed by atoms with Crippen molar-refractivity contribution in [2.24, 2.45) is 5.92 Å².